The van der Waals surface area contributed by atoms with E-state index < -0.39 is 0 Å². The molecule has 0 heterocycles. The van der Waals surface area contributed by atoms with Gasteiger partial charge in [0.2, 0.25) is 5.91 Å². The molecule has 2 aromatic rings. The third-order valence-electron chi connectivity index (χ3n) is 4.46. The molecule has 0 fully saturated rings. The quantitative estimate of drug-likeness (QED) is 0.728. The van der Waals surface area contributed by atoms with E-state index in [1.54, 1.807) is 19.2 Å². The Hall–Kier alpha value is -2.57. The zero-order chi connectivity index (χ0) is 20.7. The number of nitrogens with zero attached hydrogens (tertiary/aromatic N) is 1. The van der Waals surface area contributed by atoms with Crippen LogP contribution in [0.5, 0.6) is 5.75 Å². The van der Waals surface area contributed by atoms with Gasteiger partial charge in [-0.1, -0.05) is 23.7 Å². The molecular formula is C21H25ClN2O4. The molecule has 6 nitrogen and oxygen atoms in total. The van der Waals surface area contributed by atoms with Crippen molar-refractivity contribution in [1.29, 1.82) is 0 Å². The highest BCUT2D eigenvalue weighted by Crippen LogP contribution is 2.24. The summed E-state index contributed by atoms with van der Waals surface area (Å²) in [5.74, 6) is -0.251. The molecule has 0 saturated heterocycles. The van der Waals surface area contributed by atoms with Crippen molar-refractivity contribution in [2.75, 3.05) is 39.2 Å². The van der Waals surface area contributed by atoms with Crippen LogP contribution in [0.3, 0.4) is 0 Å². The molecule has 1 N–H and O–H groups in total. The number of ether oxygens (including phenoxy) is 2. The average molecular weight is 405 g/mol. The summed E-state index contributed by atoms with van der Waals surface area (Å²) in [5, 5.41) is 3.29. The first-order valence-corrected chi connectivity index (χ1v) is 9.23. The van der Waals surface area contributed by atoms with E-state index in [0.717, 1.165) is 16.8 Å². The molecule has 7 heteroatoms. The van der Waals surface area contributed by atoms with Crippen LogP contribution >= 0.6 is 11.6 Å². The maximum Gasteiger partial charge on any atom is 0.258 e. The second-order valence-electron chi connectivity index (χ2n) is 6.36. The predicted octanol–water partition coefficient (Wildman–Crippen LogP) is 3.69. The van der Waals surface area contributed by atoms with E-state index in [-0.39, 0.29) is 24.9 Å². The van der Waals surface area contributed by atoms with Gasteiger partial charge in [-0.15, -0.1) is 0 Å². The monoisotopic (exact) mass is 404 g/mol. The summed E-state index contributed by atoms with van der Waals surface area (Å²) >= 11 is 6.04. The van der Waals surface area contributed by atoms with E-state index in [1.807, 2.05) is 32.0 Å². The first-order chi connectivity index (χ1) is 13.4. The number of nitrogens with one attached hydrogen (secondary N) is 1. The summed E-state index contributed by atoms with van der Waals surface area (Å²) in [7, 11) is 3.02. The van der Waals surface area contributed by atoms with Crippen LogP contribution < -0.4 is 10.1 Å². The Morgan fingerprint density at radius 1 is 1.14 bits per heavy atom. The fraction of sp³-hybridized carbons (Fsp3) is 0.333. The molecule has 2 rings (SSSR count). The minimum atomic E-state index is -0.354. The summed E-state index contributed by atoms with van der Waals surface area (Å²) in [5.41, 5.74) is 3.09. The molecule has 28 heavy (non-hydrogen) atoms. The van der Waals surface area contributed by atoms with Crippen LogP contribution in [0.1, 0.15) is 21.5 Å². The molecule has 0 spiro atoms. The molecule has 0 aliphatic heterocycles. The fourth-order valence-corrected chi connectivity index (χ4v) is 2.89. The van der Waals surface area contributed by atoms with E-state index in [1.165, 1.54) is 18.1 Å². The van der Waals surface area contributed by atoms with E-state index in [9.17, 15) is 9.59 Å². The van der Waals surface area contributed by atoms with Crippen LogP contribution in [0.4, 0.5) is 5.69 Å². The number of aryl methyl sites for hydroxylation is 1. The van der Waals surface area contributed by atoms with Gasteiger partial charge >= 0.3 is 0 Å². The van der Waals surface area contributed by atoms with Crippen LogP contribution in [0, 0.1) is 13.8 Å². The first-order valence-electron chi connectivity index (χ1n) is 8.85. The van der Waals surface area contributed by atoms with Crippen molar-refractivity contribution in [3.8, 4) is 5.75 Å². The highest BCUT2D eigenvalue weighted by atomic mass is 35.5. The number of rotatable bonds is 8. The standard InChI is InChI=1S/C21H25ClN2O4/c1-14-6-5-7-18(15(14)2)23-20(25)13-24(10-11-27-3)21(26)17-12-16(22)8-9-19(17)28-4/h5-9,12H,10-11,13H2,1-4H3,(H,23,25). The Morgan fingerprint density at radius 2 is 1.89 bits per heavy atom. The number of halogens is 1. The Bertz CT molecular complexity index is 854. The number of carbonyl (C=O) groups excluding carboxylic acids is 2. The predicted molar refractivity (Wildman–Crippen MR) is 110 cm³/mol. The first kappa shape index (κ1) is 21.7. The maximum atomic E-state index is 13.0. The lowest BCUT2D eigenvalue weighted by atomic mass is 10.1. The third kappa shape index (κ3) is 5.47. The largest absolute Gasteiger partial charge is 0.496 e. The van der Waals surface area contributed by atoms with Gasteiger partial charge in [0.15, 0.2) is 0 Å². The lowest BCUT2D eigenvalue weighted by Crippen LogP contribution is -2.40. The Labute approximate surface area is 170 Å². The van der Waals surface area contributed by atoms with Gasteiger partial charge in [-0.05, 0) is 49.2 Å². The minimum Gasteiger partial charge on any atom is -0.496 e. The van der Waals surface area contributed by atoms with Gasteiger partial charge in [-0.2, -0.15) is 0 Å². The number of carbonyl (C=O) groups is 2. The van der Waals surface area contributed by atoms with Crippen molar-refractivity contribution in [3.05, 3.63) is 58.1 Å². The molecule has 0 bridgehead atoms. The van der Waals surface area contributed by atoms with Crippen molar-refractivity contribution in [1.82, 2.24) is 4.90 Å². The number of methoxy groups -OCH3 is 2. The zero-order valence-corrected chi connectivity index (χ0v) is 17.3. The van der Waals surface area contributed by atoms with Crippen molar-refractivity contribution in [2.45, 2.75) is 13.8 Å². The van der Waals surface area contributed by atoms with Crippen molar-refractivity contribution >= 4 is 29.1 Å². The molecule has 0 aliphatic rings. The highest BCUT2D eigenvalue weighted by Gasteiger charge is 2.22. The summed E-state index contributed by atoms with van der Waals surface area (Å²) in [6.45, 7) is 4.35. The molecule has 0 aliphatic carbocycles. The van der Waals surface area contributed by atoms with Crippen LogP contribution in [-0.2, 0) is 9.53 Å². The van der Waals surface area contributed by atoms with E-state index in [2.05, 4.69) is 5.32 Å². The van der Waals surface area contributed by atoms with Gasteiger partial charge in [0.1, 0.15) is 12.3 Å². The second-order valence-corrected chi connectivity index (χ2v) is 6.80. The maximum absolute atomic E-state index is 13.0. The summed E-state index contributed by atoms with van der Waals surface area (Å²) in [6.07, 6.45) is 0. The average Bonchev–Trinajstić information content (AvgIpc) is 2.68. The molecule has 0 unspecified atom stereocenters. The number of hydrogen-bond donors (Lipinski definition) is 1. The lowest BCUT2D eigenvalue weighted by Gasteiger charge is -2.23. The number of benzene rings is 2. The summed E-state index contributed by atoms with van der Waals surface area (Å²) in [4.78, 5) is 27.1. The van der Waals surface area contributed by atoms with Crippen LogP contribution in [0.25, 0.3) is 0 Å². The van der Waals surface area contributed by atoms with Crippen LogP contribution in [0.15, 0.2) is 36.4 Å². The van der Waals surface area contributed by atoms with Crippen LogP contribution in [-0.4, -0.2) is 50.6 Å². The van der Waals surface area contributed by atoms with Crippen molar-refractivity contribution in [3.63, 3.8) is 0 Å². The smallest absolute Gasteiger partial charge is 0.258 e. The molecule has 0 atom stereocenters. The lowest BCUT2D eigenvalue weighted by molar-refractivity contribution is -0.117. The van der Waals surface area contributed by atoms with Gasteiger partial charge in [-0.3, -0.25) is 9.59 Å². The normalized spacial score (nSPS) is 10.5. The van der Waals surface area contributed by atoms with Gasteiger partial charge in [-0.25, -0.2) is 0 Å². The Morgan fingerprint density at radius 3 is 2.57 bits per heavy atom. The SMILES string of the molecule is COCCN(CC(=O)Nc1cccc(C)c1C)C(=O)c1cc(Cl)ccc1OC. The molecule has 0 saturated carbocycles. The highest BCUT2D eigenvalue weighted by molar-refractivity contribution is 6.31. The van der Waals surface area contributed by atoms with Crippen molar-refractivity contribution < 1.29 is 19.1 Å². The second kappa shape index (κ2) is 10.1. The Kier molecular flexibility index (Phi) is 7.84. The number of hydrogen-bond acceptors (Lipinski definition) is 4. The van der Waals surface area contributed by atoms with Gasteiger partial charge < -0.3 is 19.7 Å². The summed E-state index contributed by atoms with van der Waals surface area (Å²) < 4.78 is 10.4. The number of amides is 2. The molecule has 0 aromatic heterocycles. The molecular weight excluding hydrogens is 380 g/mol. The van der Waals surface area contributed by atoms with Gasteiger partial charge in [0.05, 0.1) is 19.3 Å². The van der Waals surface area contributed by atoms with Crippen molar-refractivity contribution in [2.24, 2.45) is 0 Å². The van der Waals surface area contributed by atoms with Gasteiger partial charge in [0, 0.05) is 24.4 Å². The molecule has 0 radical (unpaired) electrons. The fourth-order valence-electron chi connectivity index (χ4n) is 2.72. The minimum absolute atomic E-state index is 0.120. The third-order valence-corrected chi connectivity index (χ3v) is 4.69. The molecule has 150 valence electrons. The number of anilines is 1. The van der Waals surface area contributed by atoms with E-state index in [4.69, 9.17) is 21.1 Å². The topological polar surface area (TPSA) is 67.9 Å². The zero-order valence-electron chi connectivity index (χ0n) is 16.5. The van der Waals surface area contributed by atoms with Crippen LogP contribution in [0.2, 0.25) is 5.02 Å². The molecule has 2 amide bonds. The van der Waals surface area contributed by atoms with E-state index >= 15 is 0 Å². The summed E-state index contributed by atoms with van der Waals surface area (Å²) in [6, 6.07) is 10.5. The van der Waals surface area contributed by atoms with E-state index in [0.29, 0.717) is 22.9 Å². The molecule has 2 aromatic carbocycles. The van der Waals surface area contributed by atoms with Gasteiger partial charge in [0.25, 0.3) is 5.91 Å². The Balaban J connectivity index is 2.21.